The van der Waals surface area contributed by atoms with E-state index in [4.69, 9.17) is 8.83 Å². The fourth-order valence-electron chi connectivity index (χ4n) is 3.70. The Morgan fingerprint density at radius 2 is 1.83 bits per heavy atom. The highest BCUT2D eigenvalue weighted by Crippen LogP contribution is 2.29. The van der Waals surface area contributed by atoms with Crippen LogP contribution in [0.1, 0.15) is 41.6 Å². The first-order valence-electron chi connectivity index (χ1n) is 9.72. The Balaban J connectivity index is 1.56. The minimum absolute atomic E-state index is 0.0878. The van der Waals surface area contributed by atoms with Gasteiger partial charge in [-0.1, -0.05) is 30.3 Å². The van der Waals surface area contributed by atoms with Crippen LogP contribution in [0.4, 0.5) is 0 Å². The molecule has 4 aromatic rings. The molecule has 0 unspecified atom stereocenters. The third-order valence-electron chi connectivity index (χ3n) is 5.45. The standard InChI is InChI=1S/C24H23NO4/c1-14-13-28-21-12-22-20(11-19(14)21)15(2)18(24(27)29-22)9-10-23(26)25-16(3)17-7-5-4-6-8-17/h4-8,11-13,16H,9-10H2,1-3H3,(H,25,26)/t16-/m0/s1. The zero-order chi connectivity index (χ0) is 20.5. The van der Waals surface area contributed by atoms with Gasteiger partial charge in [0, 0.05) is 28.8 Å². The second-order valence-corrected chi connectivity index (χ2v) is 7.46. The van der Waals surface area contributed by atoms with Crippen LogP contribution in [-0.4, -0.2) is 5.91 Å². The van der Waals surface area contributed by atoms with Gasteiger partial charge in [-0.3, -0.25) is 4.79 Å². The van der Waals surface area contributed by atoms with E-state index in [0.717, 1.165) is 27.5 Å². The quantitative estimate of drug-likeness (QED) is 0.489. The van der Waals surface area contributed by atoms with Crippen LogP contribution in [0.3, 0.4) is 0 Å². The molecule has 0 bridgehead atoms. The van der Waals surface area contributed by atoms with Crippen LogP contribution in [0.25, 0.3) is 21.9 Å². The SMILES string of the molecule is Cc1coc2cc3oc(=O)c(CCC(=O)N[C@@H](C)c4ccccc4)c(C)c3cc12. The van der Waals surface area contributed by atoms with E-state index >= 15 is 0 Å². The number of aryl methyl sites for hydroxylation is 2. The number of nitrogens with one attached hydrogen (secondary N) is 1. The Morgan fingerprint density at radius 1 is 1.07 bits per heavy atom. The zero-order valence-electron chi connectivity index (χ0n) is 16.7. The highest BCUT2D eigenvalue weighted by molar-refractivity contribution is 5.96. The van der Waals surface area contributed by atoms with Crippen molar-refractivity contribution in [2.45, 2.75) is 39.7 Å². The summed E-state index contributed by atoms with van der Waals surface area (Å²) in [6, 6.07) is 13.4. The summed E-state index contributed by atoms with van der Waals surface area (Å²) < 4.78 is 11.0. The molecule has 2 heterocycles. The van der Waals surface area contributed by atoms with E-state index in [9.17, 15) is 9.59 Å². The lowest BCUT2D eigenvalue weighted by atomic mass is 10.0. The number of carbonyl (C=O) groups is 1. The van der Waals surface area contributed by atoms with Gasteiger partial charge >= 0.3 is 5.63 Å². The average molecular weight is 389 g/mol. The maximum Gasteiger partial charge on any atom is 0.339 e. The van der Waals surface area contributed by atoms with Gasteiger partial charge in [0.05, 0.1) is 12.3 Å². The Labute approximate surface area is 168 Å². The largest absolute Gasteiger partial charge is 0.464 e. The van der Waals surface area contributed by atoms with Crippen molar-refractivity contribution in [3.63, 3.8) is 0 Å². The van der Waals surface area contributed by atoms with Crippen LogP contribution < -0.4 is 10.9 Å². The van der Waals surface area contributed by atoms with E-state index in [-0.39, 0.29) is 18.4 Å². The van der Waals surface area contributed by atoms with Crippen LogP contribution in [0.15, 0.2) is 62.4 Å². The Morgan fingerprint density at radius 3 is 2.59 bits per heavy atom. The lowest BCUT2D eigenvalue weighted by Crippen LogP contribution is -2.27. The van der Waals surface area contributed by atoms with Crippen molar-refractivity contribution in [3.05, 3.63) is 81.4 Å². The number of rotatable bonds is 5. The first-order valence-corrected chi connectivity index (χ1v) is 9.72. The van der Waals surface area contributed by atoms with E-state index in [2.05, 4.69) is 5.32 Å². The smallest absolute Gasteiger partial charge is 0.339 e. The number of fused-ring (bicyclic) bond motifs is 2. The number of carbonyl (C=O) groups excluding carboxylic acids is 1. The number of benzene rings is 2. The van der Waals surface area contributed by atoms with Gasteiger partial charge in [-0.15, -0.1) is 0 Å². The summed E-state index contributed by atoms with van der Waals surface area (Å²) in [5, 5.41) is 4.85. The van der Waals surface area contributed by atoms with Crippen LogP contribution in [-0.2, 0) is 11.2 Å². The Hall–Kier alpha value is -3.34. The zero-order valence-corrected chi connectivity index (χ0v) is 16.7. The summed E-state index contributed by atoms with van der Waals surface area (Å²) in [5.41, 5.74) is 4.26. The van der Waals surface area contributed by atoms with Crippen molar-refractivity contribution in [2.75, 3.05) is 0 Å². The van der Waals surface area contributed by atoms with Crippen LogP contribution in [0, 0.1) is 13.8 Å². The van der Waals surface area contributed by atoms with E-state index in [0.29, 0.717) is 23.2 Å². The molecule has 1 N–H and O–H groups in total. The molecule has 148 valence electrons. The van der Waals surface area contributed by atoms with Gasteiger partial charge in [0.2, 0.25) is 5.91 Å². The molecule has 4 rings (SSSR count). The van der Waals surface area contributed by atoms with Gasteiger partial charge in [0.15, 0.2) is 0 Å². The van der Waals surface area contributed by atoms with Gasteiger partial charge in [-0.05, 0) is 49.9 Å². The van der Waals surface area contributed by atoms with Crippen LogP contribution in [0.2, 0.25) is 0 Å². The lowest BCUT2D eigenvalue weighted by Gasteiger charge is -2.14. The second-order valence-electron chi connectivity index (χ2n) is 7.46. The van der Waals surface area contributed by atoms with E-state index in [1.807, 2.05) is 57.2 Å². The van der Waals surface area contributed by atoms with Gasteiger partial charge in [-0.2, -0.15) is 0 Å². The van der Waals surface area contributed by atoms with Gasteiger partial charge in [-0.25, -0.2) is 4.79 Å². The summed E-state index contributed by atoms with van der Waals surface area (Å²) >= 11 is 0. The second kappa shape index (κ2) is 7.59. The molecule has 0 aliphatic carbocycles. The Bertz CT molecular complexity index is 1250. The normalized spacial score (nSPS) is 12.4. The fraction of sp³-hybridized carbons (Fsp3) is 0.250. The van der Waals surface area contributed by atoms with E-state index < -0.39 is 5.63 Å². The van der Waals surface area contributed by atoms with Crippen LogP contribution in [0.5, 0.6) is 0 Å². The molecule has 0 saturated heterocycles. The molecule has 0 aliphatic heterocycles. The third-order valence-corrected chi connectivity index (χ3v) is 5.45. The number of furan rings is 1. The molecule has 2 aromatic heterocycles. The number of hydrogen-bond donors (Lipinski definition) is 1. The van der Waals surface area contributed by atoms with E-state index in [1.54, 1.807) is 12.3 Å². The molecule has 5 nitrogen and oxygen atoms in total. The fourth-order valence-corrected chi connectivity index (χ4v) is 3.70. The predicted molar refractivity (Wildman–Crippen MR) is 113 cm³/mol. The molecular weight excluding hydrogens is 366 g/mol. The number of amides is 1. The maximum atomic E-state index is 12.5. The van der Waals surface area contributed by atoms with Gasteiger partial charge in [0.25, 0.3) is 0 Å². The molecule has 0 radical (unpaired) electrons. The maximum absolute atomic E-state index is 12.5. The minimum atomic E-state index is -0.401. The summed E-state index contributed by atoms with van der Waals surface area (Å²) in [6.07, 6.45) is 2.25. The highest BCUT2D eigenvalue weighted by Gasteiger charge is 2.16. The minimum Gasteiger partial charge on any atom is -0.464 e. The monoisotopic (exact) mass is 389 g/mol. The average Bonchev–Trinajstić information content (AvgIpc) is 3.07. The Kier molecular flexibility index (Phi) is 4.97. The van der Waals surface area contributed by atoms with Crippen molar-refractivity contribution in [1.82, 2.24) is 5.32 Å². The first kappa shape index (κ1) is 19.0. The molecule has 0 aliphatic rings. The lowest BCUT2D eigenvalue weighted by molar-refractivity contribution is -0.121. The van der Waals surface area contributed by atoms with Crippen LogP contribution >= 0.6 is 0 Å². The summed E-state index contributed by atoms with van der Waals surface area (Å²) in [4.78, 5) is 24.9. The van der Waals surface area contributed by atoms with Gasteiger partial charge in [0.1, 0.15) is 11.2 Å². The summed E-state index contributed by atoms with van der Waals surface area (Å²) in [5.74, 6) is -0.0959. The molecule has 0 saturated carbocycles. The van der Waals surface area contributed by atoms with Crippen molar-refractivity contribution < 1.29 is 13.6 Å². The summed E-state index contributed by atoms with van der Waals surface area (Å²) in [6.45, 7) is 5.83. The molecule has 2 aromatic carbocycles. The topological polar surface area (TPSA) is 72.5 Å². The molecule has 0 fully saturated rings. The number of hydrogen-bond acceptors (Lipinski definition) is 4. The first-order chi connectivity index (χ1) is 13.9. The molecule has 0 spiro atoms. The third kappa shape index (κ3) is 3.68. The molecule has 1 atom stereocenters. The molecule has 29 heavy (non-hydrogen) atoms. The molecule has 5 heteroatoms. The molecule has 1 amide bonds. The summed E-state index contributed by atoms with van der Waals surface area (Å²) in [7, 11) is 0. The van der Waals surface area contributed by atoms with Crippen molar-refractivity contribution >= 4 is 27.8 Å². The van der Waals surface area contributed by atoms with Crippen molar-refractivity contribution in [2.24, 2.45) is 0 Å². The van der Waals surface area contributed by atoms with Crippen molar-refractivity contribution in [3.8, 4) is 0 Å². The highest BCUT2D eigenvalue weighted by atomic mass is 16.4. The molecular formula is C24H23NO4. The van der Waals surface area contributed by atoms with Crippen molar-refractivity contribution in [1.29, 1.82) is 0 Å². The van der Waals surface area contributed by atoms with Gasteiger partial charge < -0.3 is 14.2 Å². The predicted octanol–water partition coefficient (Wildman–Crippen LogP) is 4.97. The van der Waals surface area contributed by atoms with E-state index in [1.165, 1.54) is 0 Å².